The van der Waals surface area contributed by atoms with Gasteiger partial charge in [0.05, 0.1) is 0 Å². The largest absolute Gasteiger partial charge is 0.399 e. The van der Waals surface area contributed by atoms with Crippen molar-refractivity contribution in [1.29, 1.82) is 0 Å². The van der Waals surface area contributed by atoms with E-state index in [0.717, 1.165) is 25.3 Å². The average molecular weight is 248 g/mol. The van der Waals surface area contributed by atoms with Crippen LogP contribution >= 0.6 is 0 Å². The van der Waals surface area contributed by atoms with Gasteiger partial charge in [0, 0.05) is 37.1 Å². The van der Waals surface area contributed by atoms with E-state index < -0.39 is 0 Å². The molecule has 1 unspecified atom stereocenters. The summed E-state index contributed by atoms with van der Waals surface area (Å²) in [6.45, 7) is 4.57. The van der Waals surface area contributed by atoms with Crippen molar-refractivity contribution in [2.45, 2.75) is 13.0 Å². The minimum absolute atomic E-state index is 0.0419. The number of nitrogens with two attached hydrogens (primary N) is 1. The van der Waals surface area contributed by atoms with Gasteiger partial charge >= 0.3 is 6.03 Å². The summed E-state index contributed by atoms with van der Waals surface area (Å²) in [5.41, 5.74) is 7.08. The summed E-state index contributed by atoms with van der Waals surface area (Å²) in [6.07, 6.45) is 0. The Morgan fingerprint density at radius 1 is 1.33 bits per heavy atom. The fourth-order valence-electron chi connectivity index (χ4n) is 2.00. The van der Waals surface area contributed by atoms with Crippen LogP contribution in [0.2, 0.25) is 0 Å². The number of anilines is 2. The van der Waals surface area contributed by atoms with Gasteiger partial charge in [0.2, 0.25) is 0 Å². The lowest BCUT2D eigenvalue weighted by atomic mass is 10.2. The van der Waals surface area contributed by atoms with E-state index in [1.165, 1.54) is 0 Å². The number of rotatable bonds is 1. The summed E-state index contributed by atoms with van der Waals surface area (Å²) in [4.78, 5) is 16.2. The SMILES string of the molecule is CC1CN(C(=O)Nc2ccc(N)cc2)CCN1C. The average Bonchev–Trinajstić information content (AvgIpc) is 2.35. The maximum atomic E-state index is 12.1. The molecule has 1 aliphatic heterocycles. The lowest BCUT2D eigenvalue weighted by molar-refractivity contribution is 0.125. The second kappa shape index (κ2) is 5.27. The van der Waals surface area contributed by atoms with E-state index in [1.54, 1.807) is 12.1 Å². The van der Waals surface area contributed by atoms with Crippen LogP contribution in [0.5, 0.6) is 0 Å². The number of likely N-dealkylation sites (N-methyl/N-ethyl adjacent to an activating group) is 1. The number of nitrogen functional groups attached to an aromatic ring is 1. The molecule has 1 aromatic carbocycles. The highest BCUT2D eigenvalue weighted by molar-refractivity contribution is 5.89. The van der Waals surface area contributed by atoms with E-state index in [1.807, 2.05) is 17.0 Å². The predicted octanol–water partition coefficient (Wildman–Crippen LogP) is 1.44. The highest BCUT2D eigenvalue weighted by Gasteiger charge is 2.24. The third-order valence-corrected chi connectivity index (χ3v) is 3.41. The molecule has 1 fully saturated rings. The fourth-order valence-corrected chi connectivity index (χ4v) is 2.00. The van der Waals surface area contributed by atoms with Gasteiger partial charge in [0.15, 0.2) is 0 Å². The number of nitrogens with one attached hydrogen (secondary N) is 1. The van der Waals surface area contributed by atoms with Gasteiger partial charge in [-0.1, -0.05) is 0 Å². The van der Waals surface area contributed by atoms with Crippen LogP contribution in [0, 0.1) is 0 Å². The van der Waals surface area contributed by atoms with E-state index in [4.69, 9.17) is 5.73 Å². The molecular formula is C13H20N4O. The molecule has 2 rings (SSSR count). The number of carbonyl (C=O) groups excluding carboxylic acids is 1. The molecule has 2 amide bonds. The first kappa shape index (κ1) is 12.7. The highest BCUT2D eigenvalue weighted by Crippen LogP contribution is 2.13. The van der Waals surface area contributed by atoms with Crippen molar-refractivity contribution in [3.63, 3.8) is 0 Å². The molecule has 1 aliphatic rings. The van der Waals surface area contributed by atoms with Crippen LogP contribution in [0.25, 0.3) is 0 Å². The zero-order valence-corrected chi connectivity index (χ0v) is 10.9. The van der Waals surface area contributed by atoms with Crippen LogP contribution in [0.1, 0.15) is 6.92 Å². The number of amides is 2. The minimum Gasteiger partial charge on any atom is -0.399 e. The molecule has 0 bridgehead atoms. The molecule has 0 aromatic heterocycles. The van der Waals surface area contributed by atoms with Crippen LogP contribution in [-0.4, -0.2) is 48.6 Å². The van der Waals surface area contributed by atoms with Crippen molar-refractivity contribution in [3.8, 4) is 0 Å². The number of benzene rings is 1. The Morgan fingerprint density at radius 2 is 2.00 bits per heavy atom. The van der Waals surface area contributed by atoms with Gasteiger partial charge in [-0.2, -0.15) is 0 Å². The Bertz CT molecular complexity index is 418. The zero-order chi connectivity index (χ0) is 13.1. The molecule has 1 atom stereocenters. The van der Waals surface area contributed by atoms with Crippen LogP contribution < -0.4 is 11.1 Å². The monoisotopic (exact) mass is 248 g/mol. The Labute approximate surface area is 108 Å². The van der Waals surface area contributed by atoms with E-state index >= 15 is 0 Å². The Kier molecular flexibility index (Phi) is 3.72. The minimum atomic E-state index is -0.0419. The van der Waals surface area contributed by atoms with Gasteiger partial charge in [-0.25, -0.2) is 4.79 Å². The third kappa shape index (κ3) is 2.92. The lowest BCUT2D eigenvalue weighted by Gasteiger charge is -2.37. The standard InChI is InChI=1S/C13H20N4O/c1-10-9-17(8-7-16(10)2)13(18)15-12-5-3-11(14)4-6-12/h3-6,10H,7-9,14H2,1-2H3,(H,15,18). The molecule has 0 saturated carbocycles. The Balaban J connectivity index is 1.94. The second-order valence-electron chi connectivity index (χ2n) is 4.83. The topological polar surface area (TPSA) is 61.6 Å². The van der Waals surface area contributed by atoms with Crippen molar-refractivity contribution in [3.05, 3.63) is 24.3 Å². The van der Waals surface area contributed by atoms with Gasteiger partial charge in [-0.15, -0.1) is 0 Å². The summed E-state index contributed by atoms with van der Waals surface area (Å²) >= 11 is 0. The number of urea groups is 1. The van der Waals surface area contributed by atoms with Gasteiger partial charge in [-0.05, 0) is 38.2 Å². The lowest BCUT2D eigenvalue weighted by Crippen LogP contribution is -2.53. The van der Waals surface area contributed by atoms with Gasteiger partial charge in [0.1, 0.15) is 0 Å². The van der Waals surface area contributed by atoms with E-state index in [9.17, 15) is 4.79 Å². The van der Waals surface area contributed by atoms with Crippen LogP contribution in [-0.2, 0) is 0 Å². The summed E-state index contributed by atoms with van der Waals surface area (Å²) in [7, 11) is 2.08. The molecule has 18 heavy (non-hydrogen) atoms. The fraction of sp³-hybridized carbons (Fsp3) is 0.462. The first-order valence-corrected chi connectivity index (χ1v) is 6.18. The van der Waals surface area contributed by atoms with E-state index in [-0.39, 0.29) is 6.03 Å². The van der Waals surface area contributed by atoms with Crippen LogP contribution in [0.4, 0.5) is 16.2 Å². The van der Waals surface area contributed by atoms with Crippen LogP contribution in [0.3, 0.4) is 0 Å². The molecule has 3 N–H and O–H groups in total. The van der Waals surface area contributed by atoms with Crippen molar-refractivity contribution >= 4 is 17.4 Å². The first-order chi connectivity index (χ1) is 8.56. The van der Waals surface area contributed by atoms with Crippen LogP contribution in [0.15, 0.2) is 24.3 Å². The molecule has 0 radical (unpaired) electrons. The summed E-state index contributed by atoms with van der Waals surface area (Å²) in [5, 5.41) is 2.89. The van der Waals surface area contributed by atoms with E-state index in [2.05, 4.69) is 24.2 Å². The second-order valence-corrected chi connectivity index (χ2v) is 4.83. The molecule has 5 nitrogen and oxygen atoms in total. The summed E-state index contributed by atoms with van der Waals surface area (Å²) in [5.74, 6) is 0. The molecule has 1 saturated heterocycles. The molecule has 1 aromatic rings. The molecule has 5 heteroatoms. The number of carbonyl (C=O) groups is 1. The highest BCUT2D eigenvalue weighted by atomic mass is 16.2. The Morgan fingerprint density at radius 3 is 2.61 bits per heavy atom. The molecule has 0 aliphatic carbocycles. The quantitative estimate of drug-likeness (QED) is 0.739. The van der Waals surface area contributed by atoms with Crippen molar-refractivity contribution in [2.75, 3.05) is 37.7 Å². The van der Waals surface area contributed by atoms with Gasteiger partial charge in [0.25, 0.3) is 0 Å². The number of piperazine rings is 1. The number of nitrogens with zero attached hydrogens (tertiary/aromatic N) is 2. The molecule has 98 valence electrons. The van der Waals surface area contributed by atoms with Gasteiger partial charge < -0.3 is 20.9 Å². The maximum Gasteiger partial charge on any atom is 0.321 e. The molecular weight excluding hydrogens is 228 g/mol. The van der Waals surface area contributed by atoms with Gasteiger partial charge in [-0.3, -0.25) is 0 Å². The third-order valence-electron chi connectivity index (χ3n) is 3.41. The predicted molar refractivity (Wildman–Crippen MR) is 73.5 cm³/mol. The molecule has 1 heterocycles. The first-order valence-electron chi connectivity index (χ1n) is 6.18. The van der Waals surface area contributed by atoms with Crippen molar-refractivity contribution < 1.29 is 4.79 Å². The zero-order valence-electron chi connectivity index (χ0n) is 10.9. The number of hydrogen-bond donors (Lipinski definition) is 2. The normalized spacial score (nSPS) is 20.8. The smallest absolute Gasteiger partial charge is 0.321 e. The Hall–Kier alpha value is -1.75. The van der Waals surface area contributed by atoms with E-state index in [0.29, 0.717) is 11.7 Å². The van der Waals surface area contributed by atoms with Crippen molar-refractivity contribution in [2.24, 2.45) is 0 Å². The van der Waals surface area contributed by atoms with Crippen molar-refractivity contribution in [1.82, 2.24) is 9.80 Å². The molecule has 0 spiro atoms. The summed E-state index contributed by atoms with van der Waals surface area (Å²) in [6, 6.07) is 7.54. The maximum absolute atomic E-state index is 12.1. The number of hydrogen-bond acceptors (Lipinski definition) is 3. The summed E-state index contributed by atoms with van der Waals surface area (Å²) < 4.78 is 0.